The Labute approximate surface area is 134 Å². The van der Waals surface area contributed by atoms with E-state index >= 15 is 0 Å². The Morgan fingerprint density at radius 2 is 2.41 bits per heavy atom. The molecule has 0 bridgehead atoms. The summed E-state index contributed by atoms with van der Waals surface area (Å²) in [5.41, 5.74) is 2.41. The van der Waals surface area contributed by atoms with Crippen molar-refractivity contribution in [2.45, 2.75) is 44.4 Å². The summed E-state index contributed by atoms with van der Waals surface area (Å²) in [7, 11) is 1.82. The maximum Gasteiger partial charge on any atom is 0.194 e. The fourth-order valence-electron chi connectivity index (χ4n) is 3.95. The largest absolute Gasteiger partial charge is 0.377 e. The van der Waals surface area contributed by atoms with Gasteiger partial charge in [0.2, 0.25) is 0 Å². The molecule has 6 heteroatoms. The minimum Gasteiger partial charge on any atom is -0.377 e. The molecule has 4 heterocycles. The zero-order valence-electron chi connectivity index (χ0n) is 13.2. The number of hydrogen-bond donors (Lipinski definition) is 0. The van der Waals surface area contributed by atoms with E-state index in [1.54, 1.807) is 11.3 Å². The van der Waals surface area contributed by atoms with Crippen LogP contribution in [0.15, 0.2) is 11.6 Å². The molecule has 0 unspecified atom stereocenters. The van der Waals surface area contributed by atoms with Gasteiger partial charge in [-0.2, -0.15) is 0 Å². The van der Waals surface area contributed by atoms with E-state index in [9.17, 15) is 0 Å². The van der Waals surface area contributed by atoms with Crippen LogP contribution in [-0.4, -0.2) is 52.8 Å². The van der Waals surface area contributed by atoms with Gasteiger partial charge in [-0.3, -0.25) is 9.30 Å². The maximum absolute atomic E-state index is 6.08. The number of imidazole rings is 1. The Bertz CT molecular complexity index is 659. The van der Waals surface area contributed by atoms with Crippen molar-refractivity contribution in [2.24, 2.45) is 0 Å². The fraction of sp³-hybridized carbons (Fsp3) is 0.688. The van der Waals surface area contributed by atoms with Crippen LogP contribution >= 0.6 is 11.3 Å². The molecular weight excluding hydrogens is 298 g/mol. The van der Waals surface area contributed by atoms with Gasteiger partial charge >= 0.3 is 0 Å². The smallest absolute Gasteiger partial charge is 0.194 e. The molecule has 120 valence electrons. The first-order chi connectivity index (χ1) is 10.7. The van der Waals surface area contributed by atoms with Gasteiger partial charge in [0, 0.05) is 44.9 Å². The van der Waals surface area contributed by atoms with Crippen molar-refractivity contribution in [1.82, 2.24) is 14.3 Å². The van der Waals surface area contributed by atoms with Gasteiger partial charge in [-0.1, -0.05) is 0 Å². The van der Waals surface area contributed by atoms with E-state index in [0.29, 0.717) is 0 Å². The molecular formula is C16H23N3O2S. The standard InChI is InChI=1S/C16H23N3O2S/c1-12-13(19-7-9-22-15(19)17-12)10-18-6-5-16(4-3-8-21-16)14(11-18)20-2/h7,9,14H,3-6,8,10-11H2,1-2H3/t14-,16-/m0/s1. The topological polar surface area (TPSA) is 39.0 Å². The van der Waals surface area contributed by atoms with Crippen LogP contribution in [0.3, 0.4) is 0 Å². The van der Waals surface area contributed by atoms with Gasteiger partial charge < -0.3 is 9.47 Å². The highest BCUT2D eigenvalue weighted by atomic mass is 32.1. The highest BCUT2D eigenvalue weighted by molar-refractivity contribution is 7.15. The van der Waals surface area contributed by atoms with Crippen molar-refractivity contribution in [3.05, 3.63) is 23.0 Å². The first kappa shape index (κ1) is 14.6. The third kappa shape index (κ3) is 2.29. The third-order valence-electron chi connectivity index (χ3n) is 5.21. The summed E-state index contributed by atoms with van der Waals surface area (Å²) >= 11 is 1.69. The Morgan fingerprint density at radius 3 is 3.18 bits per heavy atom. The van der Waals surface area contributed by atoms with Crippen LogP contribution in [0.1, 0.15) is 30.7 Å². The molecule has 2 aromatic heterocycles. The molecule has 22 heavy (non-hydrogen) atoms. The lowest BCUT2D eigenvalue weighted by Crippen LogP contribution is -2.55. The van der Waals surface area contributed by atoms with Crippen molar-refractivity contribution in [2.75, 3.05) is 26.8 Å². The van der Waals surface area contributed by atoms with Gasteiger partial charge in [0.1, 0.15) is 0 Å². The van der Waals surface area contributed by atoms with Crippen molar-refractivity contribution in [1.29, 1.82) is 0 Å². The SMILES string of the molecule is CO[C@H]1CN(Cc2c(C)nc3sccn23)CC[C@@]12CCCO2. The summed E-state index contributed by atoms with van der Waals surface area (Å²) < 4.78 is 14.1. The number of likely N-dealkylation sites (tertiary alicyclic amines) is 1. The van der Waals surface area contributed by atoms with Crippen molar-refractivity contribution in [3.63, 3.8) is 0 Å². The molecule has 0 radical (unpaired) electrons. The second-order valence-corrected chi connectivity index (χ2v) is 7.30. The first-order valence-corrected chi connectivity index (χ1v) is 8.90. The molecule has 1 spiro atoms. The van der Waals surface area contributed by atoms with Crippen molar-refractivity contribution >= 4 is 16.3 Å². The number of rotatable bonds is 3. The van der Waals surface area contributed by atoms with Crippen molar-refractivity contribution in [3.8, 4) is 0 Å². The molecule has 0 N–H and O–H groups in total. The summed E-state index contributed by atoms with van der Waals surface area (Å²) in [6.45, 7) is 5.93. The average molecular weight is 321 g/mol. The minimum absolute atomic E-state index is 0.0323. The van der Waals surface area contributed by atoms with Gasteiger partial charge in [0.25, 0.3) is 0 Å². The molecule has 0 saturated carbocycles. The number of aryl methyl sites for hydroxylation is 1. The summed E-state index contributed by atoms with van der Waals surface area (Å²) in [4.78, 5) is 8.22. The summed E-state index contributed by atoms with van der Waals surface area (Å²) in [6.07, 6.45) is 5.66. The van der Waals surface area contributed by atoms with E-state index in [2.05, 4.69) is 32.8 Å². The van der Waals surface area contributed by atoms with E-state index in [0.717, 1.165) is 56.2 Å². The van der Waals surface area contributed by atoms with E-state index in [1.807, 2.05) is 7.11 Å². The second-order valence-electron chi connectivity index (χ2n) is 6.43. The molecule has 2 fully saturated rings. The molecule has 4 rings (SSSR count). The lowest BCUT2D eigenvalue weighted by atomic mass is 9.85. The first-order valence-electron chi connectivity index (χ1n) is 8.02. The Morgan fingerprint density at radius 1 is 1.50 bits per heavy atom. The van der Waals surface area contributed by atoms with E-state index in [1.165, 1.54) is 5.69 Å². The number of hydrogen-bond acceptors (Lipinski definition) is 5. The van der Waals surface area contributed by atoms with Crippen LogP contribution < -0.4 is 0 Å². The lowest BCUT2D eigenvalue weighted by Gasteiger charge is -2.44. The lowest BCUT2D eigenvalue weighted by molar-refractivity contribution is -0.143. The Kier molecular flexibility index (Phi) is 3.72. The predicted molar refractivity (Wildman–Crippen MR) is 86.4 cm³/mol. The maximum atomic E-state index is 6.08. The Balaban J connectivity index is 1.52. The molecule has 5 nitrogen and oxygen atoms in total. The normalized spacial score (nSPS) is 29.8. The predicted octanol–water partition coefficient (Wildman–Crippen LogP) is 2.47. The van der Waals surface area contributed by atoms with Gasteiger partial charge in [0.15, 0.2) is 4.96 Å². The van der Waals surface area contributed by atoms with Gasteiger partial charge in [0.05, 0.1) is 23.1 Å². The molecule has 0 aliphatic carbocycles. The summed E-state index contributed by atoms with van der Waals surface area (Å²) in [6, 6.07) is 0. The van der Waals surface area contributed by atoms with E-state index in [4.69, 9.17) is 9.47 Å². The summed E-state index contributed by atoms with van der Waals surface area (Å²) in [5, 5.41) is 2.10. The summed E-state index contributed by atoms with van der Waals surface area (Å²) in [5.74, 6) is 0. The van der Waals surface area contributed by atoms with Crippen LogP contribution in [0.5, 0.6) is 0 Å². The minimum atomic E-state index is -0.0323. The zero-order chi connectivity index (χ0) is 15.2. The monoisotopic (exact) mass is 321 g/mol. The number of ether oxygens (including phenoxy) is 2. The van der Waals surface area contributed by atoms with Crippen LogP contribution in [0.4, 0.5) is 0 Å². The van der Waals surface area contributed by atoms with Crippen LogP contribution in [-0.2, 0) is 16.0 Å². The molecule has 2 aliphatic rings. The van der Waals surface area contributed by atoms with Gasteiger partial charge in [-0.05, 0) is 26.2 Å². The quantitative estimate of drug-likeness (QED) is 0.870. The molecule has 2 saturated heterocycles. The van der Waals surface area contributed by atoms with Crippen LogP contribution in [0.2, 0.25) is 0 Å². The number of aromatic nitrogens is 2. The number of piperidine rings is 1. The molecule has 2 atom stereocenters. The third-order valence-corrected chi connectivity index (χ3v) is 5.97. The Hall–Kier alpha value is -0.950. The molecule has 0 aromatic carbocycles. The van der Waals surface area contributed by atoms with E-state index in [-0.39, 0.29) is 11.7 Å². The number of nitrogens with zero attached hydrogens (tertiary/aromatic N) is 3. The second kappa shape index (κ2) is 5.60. The van der Waals surface area contributed by atoms with Crippen LogP contribution in [0.25, 0.3) is 4.96 Å². The zero-order valence-corrected chi connectivity index (χ0v) is 14.1. The fourth-order valence-corrected chi connectivity index (χ4v) is 4.73. The van der Waals surface area contributed by atoms with Crippen LogP contribution in [0, 0.1) is 6.92 Å². The number of fused-ring (bicyclic) bond motifs is 1. The van der Waals surface area contributed by atoms with Crippen molar-refractivity contribution < 1.29 is 9.47 Å². The molecule has 2 aliphatic heterocycles. The number of methoxy groups -OCH3 is 1. The molecule has 0 amide bonds. The van der Waals surface area contributed by atoms with E-state index < -0.39 is 0 Å². The highest BCUT2D eigenvalue weighted by Gasteiger charge is 2.46. The number of thiazole rings is 1. The molecule has 2 aromatic rings. The average Bonchev–Trinajstić information content (AvgIpc) is 3.21. The van der Waals surface area contributed by atoms with Gasteiger partial charge in [-0.15, -0.1) is 11.3 Å². The van der Waals surface area contributed by atoms with Gasteiger partial charge in [-0.25, -0.2) is 4.98 Å². The highest BCUT2D eigenvalue weighted by Crippen LogP contribution is 2.37.